The Balaban J connectivity index is 1.86. The highest BCUT2D eigenvalue weighted by atomic mass is 14.8. The van der Waals surface area contributed by atoms with Crippen LogP contribution in [0.15, 0.2) is 67.0 Å². The molecule has 1 aromatic carbocycles. The summed E-state index contributed by atoms with van der Waals surface area (Å²) in [7, 11) is 0. The quantitative estimate of drug-likeness (QED) is 0.648. The van der Waals surface area contributed by atoms with Crippen LogP contribution in [0.3, 0.4) is 0 Å². The predicted octanol–water partition coefficient (Wildman–Crippen LogP) is 5.15. The van der Waals surface area contributed by atoms with E-state index in [0.29, 0.717) is 0 Å². The van der Waals surface area contributed by atoms with Crippen LogP contribution in [-0.2, 0) is 6.42 Å². The van der Waals surface area contributed by atoms with Gasteiger partial charge in [0, 0.05) is 12.4 Å². The first kappa shape index (κ1) is 14.5. The van der Waals surface area contributed by atoms with Crippen molar-refractivity contribution in [3.63, 3.8) is 0 Å². The zero-order chi connectivity index (χ0) is 15.2. The second-order valence-electron chi connectivity index (χ2n) is 5.45. The van der Waals surface area contributed by atoms with Crippen molar-refractivity contribution in [2.45, 2.75) is 26.2 Å². The maximum atomic E-state index is 4.43. The van der Waals surface area contributed by atoms with Crippen LogP contribution < -0.4 is 0 Å². The average molecular weight is 288 g/mol. The molecule has 0 N–H and O–H groups in total. The van der Waals surface area contributed by atoms with Gasteiger partial charge < -0.3 is 0 Å². The highest BCUT2D eigenvalue weighted by Gasteiger charge is 2.03. The van der Waals surface area contributed by atoms with Gasteiger partial charge in [0.05, 0.1) is 11.4 Å². The lowest BCUT2D eigenvalue weighted by atomic mass is 10.0. The lowest BCUT2D eigenvalue weighted by Gasteiger charge is -2.06. The molecule has 3 rings (SSSR count). The Labute approximate surface area is 131 Å². The number of nitrogens with zero attached hydrogens (tertiary/aromatic N) is 2. The van der Waals surface area contributed by atoms with Gasteiger partial charge in [-0.2, -0.15) is 0 Å². The lowest BCUT2D eigenvalue weighted by molar-refractivity contribution is 0.795. The summed E-state index contributed by atoms with van der Waals surface area (Å²) >= 11 is 0. The van der Waals surface area contributed by atoms with Crippen LogP contribution in [0.25, 0.3) is 22.5 Å². The Morgan fingerprint density at radius 3 is 2.32 bits per heavy atom. The Bertz CT molecular complexity index is 718. The molecule has 0 saturated heterocycles. The first-order valence-corrected chi connectivity index (χ1v) is 7.83. The van der Waals surface area contributed by atoms with Crippen molar-refractivity contribution in [3.8, 4) is 22.5 Å². The van der Waals surface area contributed by atoms with Gasteiger partial charge in [-0.25, -0.2) is 0 Å². The zero-order valence-electron chi connectivity index (χ0n) is 12.9. The Hall–Kier alpha value is -2.48. The molecule has 0 aliphatic rings. The highest BCUT2D eigenvalue weighted by Crippen LogP contribution is 2.24. The van der Waals surface area contributed by atoms with Crippen LogP contribution in [0.4, 0.5) is 0 Å². The third kappa shape index (κ3) is 3.40. The van der Waals surface area contributed by atoms with Crippen molar-refractivity contribution >= 4 is 0 Å². The third-order valence-electron chi connectivity index (χ3n) is 3.79. The van der Waals surface area contributed by atoms with E-state index in [2.05, 4.69) is 47.2 Å². The number of hydrogen-bond donors (Lipinski definition) is 0. The van der Waals surface area contributed by atoms with E-state index in [0.717, 1.165) is 17.8 Å². The largest absolute Gasteiger partial charge is 0.255 e. The van der Waals surface area contributed by atoms with E-state index in [9.17, 15) is 0 Å². The number of hydrogen-bond acceptors (Lipinski definition) is 2. The molecule has 2 aromatic heterocycles. The molecule has 0 saturated carbocycles. The van der Waals surface area contributed by atoms with E-state index in [-0.39, 0.29) is 0 Å². The van der Waals surface area contributed by atoms with Gasteiger partial charge in [-0.1, -0.05) is 43.7 Å². The molecule has 2 heteroatoms. The molecule has 2 heterocycles. The molecule has 0 fully saturated rings. The highest BCUT2D eigenvalue weighted by molar-refractivity contribution is 5.68. The molecule has 0 amide bonds. The van der Waals surface area contributed by atoms with Crippen molar-refractivity contribution in [1.82, 2.24) is 9.97 Å². The number of rotatable bonds is 5. The SMILES string of the molecule is CCCCc1ccc(-c2ccnc(-c3ccccn3)c2)cc1. The molecule has 22 heavy (non-hydrogen) atoms. The molecule has 3 aromatic rings. The average Bonchev–Trinajstić information content (AvgIpc) is 2.61. The van der Waals surface area contributed by atoms with Crippen LogP contribution in [0.5, 0.6) is 0 Å². The molecule has 0 unspecified atom stereocenters. The van der Waals surface area contributed by atoms with Crippen molar-refractivity contribution in [2.24, 2.45) is 0 Å². The third-order valence-corrected chi connectivity index (χ3v) is 3.79. The fraction of sp³-hybridized carbons (Fsp3) is 0.200. The van der Waals surface area contributed by atoms with E-state index in [1.165, 1.54) is 29.5 Å². The summed E-state index contributed by atoms with van der Waals surface area (Å²) in [5, 5.41) is 0. The number of pyridine rings is 2. The number of unbranched alkanes of at least 4 members (excludes halogenated alkanes) is 1. The molecule has 2 nitrogen and oxygen atoms in total. The standard InChI is InChI=1S/C20H20N2/c1-2-3-6-16-8-10-17(11-9-16)18-12-14-22-20(15-18)19-7-4-5-13-21-19/h4-5,7-15H,2-3,6H2,1H3. The van der Waals surface area contributed by atoms with Crippen LogP contribution in [0.2, 0.25) is 0 Å². The lowest BCUT2D eigenvalue weighted by Crippen LogP contribution is -1.88. The van der Waals surface area contributed by atoms with Crippen molar-refractivity contribution in [1.29, 1.82) is 0 Å². The molecule has 0 radical (unpaired) electrons. The zero-order valence-corrected chi connectivity index (χ0v) is 12.9. The molecule has 0 spiro atoms. The van der Waals surface area contributed by atoms with Crippen LogP contribution in [0, 0.1) is 0 Å². The van der Waals surface area contributed by atoms with Crippen molar-refractivity contribution < 1.29 is 0 Å². The van der Waals surface area contributed by atoms with E-state index in [1.54, 1.807) is 6.20 Å². The van der Waals surface area contributed by atoms with E-state index in [4.69, 9.17) is 0 Å². The number of aryl methyl sites for hydroxylation is 1. The maximum Gasteiger partial charge on any atom is 0.0892 e. The van der Waals surface area contributed by atoms with Gasteiger partial charge in [0.15, 0.2) is 0 Å². The minimum atomic E-state index is 0.906. The van der Waals surface area contributed by atoms with Crippen LogP contribution in [0.1, 0.15) is 25.3 Å². The van der Waals surface area contributed by atoms with Gasteiger partial charge in [0.1, 0.15) is 0 Å². The maximum absolute atomic E-state index is 4.43. The Morgan fingerprint density at radius 1 is 0.773 bits per heavy atom. The molecular formula is C20H20N2. The molecular weight excluding hydrogens is 268 g/mol. The van der Waals surface area contributed by atoms with Crippen LogP contribution in [-0.4, -0.2) is 9.97 Å². The van der Waals surface area contributed by atoms with Gasteiger partial charge in [-0.05, 0) is 53.8 Å². The Kier molecular flexibility index (Phi) is 4.59. The Morgan fingerprint density at radius 2 is 1.59 bits per heavy atom. The second-order valence-corrected chi connectivity index (χ2v) is 5.45. The van der Waals surface area contributed by atoms with Gasteiger partial charge >= 0.3 is 0 Å². The van der Waals surface area contributed by atoms with Gasteiger partial charge in [-0.15, -0.1) is 0 Å². The topological polar surface area (TPSA) is 25.8 Å². The normalized spacial score (nSPS) is 10.6. The molecule has 0 aliphatic heterocycles. The smallest absolute Gasteiger partial charge is 0.0892 e. The molecule has 110 valence electrons. The summed E-state index contributed by atoms with van der Waals surface area (Å²) in [5.74, 6) is 0. The van der Waals surface area contributed by atoms with Crippen molar-refractivity contribution in [2.75, 3.05) is 0 Å². The summed E-state index contributed by atoms with van der Waals surface area (Å²) in [6.45, 7) is 2.23. The van der Waals surface area contributed by atoms with E-state index >= 15 is 0 Å². The minimum Gasteiger partial charge on any atom is -0.255 e. The van der Waals surface area contributed by atoms with Gasteiger partial charge in [0.25, 0.3) is 0 Å². The molecule has 0 atom stereocenters. The second kappa shape index (κ2) is 6.99. The molecule has 0 bridgehead atoms. The predicted molar refractivity (Wildman–Crippen MR) is 91.5 cm³/mol. The first-order valence-electron chi connectivity index (χ1n) is 7.83. The summed E-state index contributed by atoms with van der Waals surface area (Å²) in [5.41, 5.74) is 5.62. The summed E-state index contributed by atoms with van der Waals surface area (Å²) in [4.78, 5) is 8.80. The van der Waals surface area contributed by atoms with Gasteiger partial charge in [-0.3, -0.25) is 9.97 Å². The van der Waals surface area contributed by atoms with Crippen LogP contribution >= 0.6 is 0 Å². The number of aromatic nitrogens is 2. The fourth-order valence-corrected chi connectivity index (χ4v) is 2.51. The first-order chi connectivity index (χ1) is 10.9. The summed E-state index contributed by atoms with van der Waals surface area (Å²) < 4.78 is 0. The fourth-order valence-electron chi connectivity index (χ4n) is 2.51. The van der Waals surface area contributed by atoms with E-state index < -0.39 is 0 Å². The summed E-state index contributed by atoms with van der Waals surface area (Å²) in [6.07, 6.45) is 7.29. The summed E-state index contributed by atoms with van der Waals surface area (Å²) in [6, 6.07) is 18.9. The van der Waals surface area contributed by atoms with Gasteiger partial charge in [0.2, 0.25) is 0 Å². The number of benzene rings is 1. The van der Waals surface area contributed by atoms with Crippen molar-refractivity contribution in [3.05, 3.63) is 72.6 Å². The van der Waals surface area contributed by atoms with E-state index in [1.807, 2.05) is 30.5 Å². The minimum absolute atomic E-state index is 0.906. The monoisotopic (exact) mass is 288 g/mol. The molecule has 0 aliphatic carbocycles.